The number of hydrogen-bond donors (Lipinski definition) is 0. The molecule has 0 amide bonds. The Balaban J connectivity index is 1.72. The fraction of sp³-hybridized carbons (Fsp3) is 0.789. The summed E-state index contributed by atoms with van der Waals surface area (Å²) in [6, 6.07) is 0. The first-order chi connectivity index (χ1) is 9.95. The molecule has 2 heteroatoms. The van der Waals surface area contributed by atoms with Gasteiger partial charge in [0.25, 0.3) is 0 Å². The van der Waals surface area contributed by atoms with Gasteiger partial charge in [-0.05, 0) is 55.3 Å². The Labute approximate surface area is 127 Å². The summed E-state index contributed by atoms with van der Waals surface area (Å²) in [4.78, 5) is 24.2. The molecule has 4 aliphatic rings. The van der Waals surface area contributed by atoms with Gasteiger partial charge in [0, 0.05) is 24.7 Å². The fourth-order valence-electron chi connectivity index (χ4n) is 6.08. The number of hydrogen-bond acceptors (Lipinski definition) is 2. The van der Waals surface area contributed by atoms with Crippen LogP contribution in [0.5, 0.6) is 0 Å². The van der Waals surface area contributed by atoms with Gasteiger partial charge in [0.15, 0.2) is 0 Å². The second-order valence-corrected chi connectivity index (χ2v) is 8.41. The van der Waals surface area contributed by atoms with Gasteiger partial charge >= 0.3 is 0 Å². The first-order valence-electron chi connectivity index (χ1n) is 8.70. The van der Waals surface area contributed by atoms with Crippen LogP contribution < -0.4 is 0 Å². The molecular weight excluding hydrogens is 260 g/mol. The minimum absolute atomic E-state index is 0.0734. The van der Waals surface area contributed by atoms with Crippen molar-refractivity contribution in [1.29, 1.82) is 0 Å². The second kappa shape index (κ2) is 4.30. The highest BCUT2D eigenvalue weighted by Crippen LogP contribution is 2.63. The zero-order valence-electron chi connectivity index (χ0n) is 13.3. The number of allylic oxidation sites excluding steroid dienone is 2. The maximum atomic E-state index is 12.3. The van der Waals surface area contributed by atoms with Crippen LogP contribution in [0.1, 0.15) is 65.2 Å². The summed E-state index contributed by atoms with van der Waals surface area (Å²) in [5.74, 6) is 2.64. The highest BCUT2D eigenvalue weighted by Gasteiger charge is 2.57. The van der Waals surface area contributed by atoms with E-state index >= 15 is 0 Å². The molecule has 21 heavy (non-hydrogen) atoms. The van der Waals surface area contributed by atoms with Gasteiger partial charge in [0.2, 0.25) is 0 Å². The molecule has 0 N–H and O–H groups in total. The van der Waals surface area contributed by atoms with Crippen molar-refractivity contribution in [3.05, 3.63) is 11.6 Å². The first-order valence-corrected chi connectivity index (χ1v) is 8.70. The van der Waals surface area contributed by atoms with Crippen molar-refractivity contribution in [2.24, 2.45) is 28.6 Å². The lowest BCUT2D eigenvalue weighted by atomic mass is 9.49. The minimum Gasteiger partial charge on any atom is -0.300 e. The minimum atomic E-state index is -0.0734. The number of fused-ring (bicyclic) bond motifs is 5. The lowest BCUT2D eigenvalue weighted by Crippen LogP contribution is -2.49. The molecule has 0 bridgehead atoms. The molecule has 3 saturated carbocycles. The van der Waals surface area contributed by atoms with Crippen molar-refractivity contribution >= 4 is 11.6 Å². The quantitative estimate of drug-likeness (QED) is 0.629. The van der Waals surface area contributed by atoms with E-state index < -0.39 is 0 Å². The van der Waals surface area contributed by atoms with Crippen molar-refractivity contribution in [3.63, 3.8) is 0 Å². The Kier molecular flexibility index (Phi) is 2.81. The van der Waals surface area contributed by atoms with Gasteiger partial charge in [-0.2, -0.15) is 0 Å². The molecule has 3 fully saturated rings. The Bertz CT molecular complexity index is 546. The highest BCUT2D eigenvalue weighted by atomic mass is 16.1. The predicted molar refractivity (Wildman–Crippen MR) is 81.7 cm³/mol. The highest BCUT2D eigenvalue weighted by molar-refractivity contribution is 5.88. The summed E-state index contributed by atoms with van der Waals surface area (Å²) in [6.45, 7) is 4.64. The number of rotatable bonds is 0. The Morgan fingerprint density at radius 2 is 1.86 bits per heavy atom. The zero-order valence-corrected chi connectivity index (χ0v) is 13.3. The smallest absolute Gasteiger partial charge is 0.139 e. The van der Waals surface area contributed by atoms with E-state index in [1.807, 2.05) is 0 Å². The van der Waals surface area contributed by atoms with Crippen molar-refractivity contribution in [3.8, 4) is 0 Å². The van der Waals surface area contributed by atoms with Gasteiger partial charge in [-0.3, -0.25) is 9.59 Å². The topological polar surface area (TPSA) is 34.1 Å². The maximum absolute atomic E-state index is 12.3. The maximum Gasteiger partial charge on any atom is 0.139 e. The average molecular weight is 286 g/mol. The van der Waals surface area contributed by atoms with Crippen molar-refractivity contribution in [1.82, 2.24) is 0 Å². The predicted octanol–water partition coefficient (Wildman–Crippen LogP) is 4.09. The number of Topliss-reactive ketones (excluding diaryl/α,β-unsaturated/α-hetero) is 2. The van der Waals surface area contributed by atoms with E-state index in [4.69, 9.17) is 0 Å². The third-order valence-corrected chi connectivity index (χ3v) is 7.61. The van der Waals surface area contributed by atoms with Crippen LogP contribution in [0.25, 0.3) is 0 Å². The summed E-state index contributed by atoms with van der Waals surface area (Å²) < 4.78 is 0. The molecule has 4 aliphatic carbocycles. The second-order valence-electron chi connectivity index (χ2n) is 8.41. The summed E-state index contributed by atoms with van der Waals surface area (Å²) in [6.07, 6.45) is 10.2. The van der Waals surface area contributed by atoms with E-state index in [2.05, 4.69) is 19.9 Å². The van der Waals surface area contributed by atoms with Gasteiger partial charge in [0.1, 0.15) is 11.6 Å². The lowest BCUT2D eigenvalue weighted by molar-refractivity contribution is -0.129. The third-order valence-electron chi connectivity index (χ3n) is 7.61. The van der Waals surface area contributed by atoms with Crippen molar-refractivity contribution in [2.75, 3.05) is 0 Å². The van der Waals surface area contributed by atoms with Gasteiger partial charge < -0.3 is 0 Å². The Hall–Kier alpha value is -0.920. The molecule has 0 radical (unpaired) electrons. The van der Waals surface area contributed by atoms with Crippen LogP contribution in [0.15, 0.2) is 11.6 Å². The van der Waals surface area contributed by atoms with E-state index in [-0.39, 0.29) is 5.41 Å². The summed E-state index contributed by atoms with van der Waals surface area (Å²) in [5.41, 5.74) is 1.84. The molecule has 0 heterocycles. The van der Waals surface area contributed by atoms with E-state index in [0.717, 1.165) is 51.4 Å². The van der Waals surface area contributed by atoms with Crippen LogP contribution in [-0.4, -0.2) is 11.6 Å². The SMILES string of the molecule is C[C@]12CCC(=O)CC1CC=C1[C@H]2CC[C@]2(C)C(=O)CC[C@@H]12. The van der Waals surface area contributed by atoms with E-state index in [1.54, 1.807) is 5.57 Å². The Morgan fingerprint density at radius 3 is 2.67 bits per heavy atom. The summed E-state index contributed by atoms with van der Waals surface area (Å²) in [5, 5.41) is 0. The van der Waals surface area contributed by atoms with Crippen LogP contribution in [0, 0.1) is 28.6 Å². The standard InChI is InChI=1S/C19H26O2/c1-18-9-7-13(20)11-12(18)3-4-14-15-5-6-17(21)19(15,2)10-8-16(14)18/h4,12,15-16H,3,5-11H2,1-2H3/t12?,15-,16+,18-,19-/m0/s1. The largest absolute Gasteiger partial charge is 0.300 e. The summed E-state index contributed by atoms with van der Waals surface area (Å²) >= 11 is 0. The number of carbonyl (C=O) groups is 2. The molecule has 0 aromatic carbocycles. The monoisotopic (exact) mass is 286 g/mol. The van der Waals surface area contributed by atoms with E-state index in [9.17, 15) is 9.59 Å². The van der Waals surface area contributed by atoms with Crippen molar-refractivity contribution in [2.45, 2.75) is 65.2 Å². The Morgan fingerprint density at radius 1 is 1.05 bits per heavy atom. The molecular formula is C19H26O2. The molecule has 0 aliphatic heterocycles. The van der Waals surface area contributed by atoms with Crippen LogP contribution in [0.4, 0.5) is 0 Å². The molecule has 114 valence electrons. The van der Waals surface area contributed by atoms with Crippen LogP contribution in [0.3, 0.4) is 0 Å². The molecule has 5 atom stereocenters. The molecule has 4 rings (SSSR count). The van der Waals surface area contributed by atoms with Crippen molar-refractivity contribution < 1.29 is 9.59 Å². The number of carbonyl (C=O) groups excluding carboxylic acids is 2. The van der Waals surface area contributed by atoms with Gasteiger partial charge in [-0.25, -0.2) is 0 Å². The lowest BCUT2D eigenvalue weighted by Gasteiger charge is -2.55. The van der Waals surface area contributed by atoms with Gasteiger partial charge in [-0.1, -0.05) is 25.5 Å². The van der Waals surface area contributed by atoms with Gasteiger partial charge in [-0.15, -0.1) is 0 Å². The average Bonchev–Trinajstić information content (AvgIpc) is 2.76. The molecule has 0 aromatic rings. The normalized spacial score (nSPS) is 49.2. The third kappa shape index (κ3) is 1.71. The van der Waals surface area contributed by atoms with Crippen LogP contribution in [-0.2, 0) is 9.59 Å². The number of ketones is 2. The van der Waals surface area contributed by atoms with E-state index in [1.165, 1.54) is 0 Å². The summed E-state index contributed by atoms with van der Waals surface area (Å²) in [7, 11) is 0. The van der Waals surface area contributed by atoms with E-state index in [0.29, 0.717) is 34.7 Å². The first kappa shape index (κ1) is 13.7. The fourth-order valence-corrected chi connectivity index (χ4v) is 6.08. The molecule has 0 saturated heterocycles. The van der Waals surface area contributed by atoms with Gasteiger partial charge in [0.05, 0.1) is 0 Å². The van der Waals surface area contributed by atoms with Crippen LogP contribution in [0.2, 0.25) is 0 Å². The molecule has 0 spiro atoms. The molecule has 2 nitrogen and oxygen atoms in total. The van der Waals surface area contributed by atoms with Crippen LogP contribution >= 0.6 is 0 Å². The molecule has 0 aromatic heterocycles. The molecule has 1 unspecified atom stereocenters. The zero-order chi connectivity index (χ0) is 14.8.